The second-order valence-corrected chi connectivity index (χ2v) is 1.43. The molecule has 0 radical (unpaired) electrons. The fourth-order valence-corrected chi connectivity index (χ4v) is 0. The van der Waals surface area contributed by atoms with Crippen molar-refractivity contribution in [3.8, 4) is 0 Å². The van der Waals surface area contributed by atoms with E-state index in [0.29, 0.717) is 0 Å². The number of nitrogens with two attached hydrogens (primary N) is 1. The molecule has 0 fully saturated rings. The van der Waals surface area contributed by atoms with E-state index in [1.165, 1.54) is 0 Å². The minimum absolute atomic E-state index is 0. The van der Waals surface area contributed by atoms with Gasteiger partial charge in [0.25, 0.3) is 0 Å². The summed E-state index contributed by atoms with van der Waals surface area (Å²) in [5.41, 5.74) is 0. The van der Waals surface area contributed by atoms with E-state index in [1.54, 1.807) is 0 Å². The summed E-state index contributed by atoms with van der Waals surface area (Å²) >= 11 is 0. The maximum atomic E-state index is 10.4. The van der Waals surface area contributed by atoms with Crippen LogP contribution in [0, 0.1) is 0 Å². The van der Waals surface area contributed by atoms with Gasteiger partial charge in [0.1, 0.15) is 0 Å². The molecule has 0 saturated heterocycles. The zero-order valence-electron chi connectivity index (χ0n) is 2.18. The third kappa shape index (κ3) is 39.4. The molecule has 0 aliphatic carbocycles. The molecule has 0 atom stereocenters. The van der Waals surface area contributed by atoms with Gasteiger partial charge in [0.15, 0.2) is 0 Å². The van der Waals surface area contributed by atoms with Gasteiger partial charge in [-0.2, -0.15) is 8.42 Å². The van der Waals surface area contributed by atoms with Crippen LogP contribution in [0.4, 0.5) is 3.89 Å². The molecule has 0 aromatic heterocycles. The molecule has 34 valence electrons. The van der Waals surface area contributed by atoms with Gasteiger partial charge in [0, 0.05) is 0 Å². The maximum absolute atomic E-state index is 10.4. The Labute approximate surface area is 94.2 Å². The van der Waals surface area contributed by atoms with E-state index in [2.05, 4.69) is 5.14 Å². The molecular formula is H3CsFNO2S. The van der Waals surface area contributed by atoms with Crippen molar-refractivity contribution in [3.63, 3.8) is 0 Å². The Morgan fingerprint density at radius 1 is 1.50 bits per heavy atom. The van der Waals surface area contributed by atoms with Gasteiger partial charge in [-0.05, 0) is 0 Å². The molecule has 0 aliphatic rings. The monoisotopic (exact) mass is 233 g/mol. The molecular weight excluding hydrogens is 230 g/mol. The molecule has 0 saturated carbocycles. The van der Waals surface area contributed by atoms with Crippen molar-refractivity contribution in [2.24, 2.45) is 5.14 Å². The van der Waals surface area contributed by atoms with E-state index >= 15 is 0 Å². The first-order chi connectivity index (χ1) is 2.00. The number of hydrogen-bond acceptors (Lipinski definition) is 2. The van der Waals surface area contributed by atoms with Crippen molar-refractivity contribution in [1.29, 1.82) is 0 Å². The van der Waals surface area contributed by atoms with Gasteiger partial charge in [-0.15, -0.1) is 0 Å². The Morgan fingerprint density at radius 2 is 1.50 bits per heavy atom. The fraction of sp³-hybridized carbons (Fsp3) is 0. The first-order valence-electron chi connectivity index (χ1n) is 0.723. The van der Waals surface area contributed by atoms with Crippen molar-refractivity contribution < 1.29 is 12.3 Å². The van der Waals surface area contributed by atoms with E-state index in [0.717, 1.165) is 0 Å². The average molecular weight is 233 g/mol. The number of rotatable bonds is 0. The predicted octanol–water partition coefficient (Wildman–Crippen LogP) is -1.49. The summed E-state index contributed by atoms with van der Waals surface area (Å²) in [7, 11) is -4.67. The van der Waals surface area contributed by atoms with E-state index in [-0.39, 0.29) is 68.9 Å². The molecule has 6 heavy (non-hydrogen) atoms. The van der Waals surface area contributed by atoms with Crippen molar-refractivity contribution >= 4 is 79.3 Å². The molecule has 3 nitrogen and oxygen atoms in total. The molecule has 0 aromatic rings. The zero-order valence-corrected chi connectivity index (χ0v) is 3.00. The predicted molar refractivity (Wildman–Crippen MR) is 21.4 cm³/mol. The van der Waals surface area contributed by atoms with Crippen molar-refractivity contribution in [3.05, 3.63) is 0 Å². The number of hydrogen-bond donors (Lipinski definition) is 1. The first-order valence-corrected chi connectivity index (χ1v) is 2.17. The second kappa shape index (κ2) is 3.84. The van der Waals surface area contributed by atoms with Gasteiger partial charge in [-0.3, -0.25) is 0 Å². The quantitative estimate of drug-likeness (QED) is 0.518. The van der Waals surface area contributed by atoms with Crippen molar-refractivity contribution in [1.82, 2.24) is 0 Å². The molecule has 0 amide bonds. The Balaban J connectivity index is 0. The molecule has 0 unspecified atom stereocenters. The van der Waals surface area contributed by atoms with Crippen LogP contribution in [-0.4, -0.2) is 77.3 Å². The fourth-order valence-electron chi connectivity index (χ4n) is 0. The Morgan fingerprint density at radius 3 is 1.50 bits per heavy atom. The second-order valence-electron chi connectivity index (χ2n) is 0.476. The summed E-state index contributed by atoms with van der Waals surface area (Å²) in [6, 6.07) is 0. The molecule has 2 N–H and O–H groups in total. The zero-order chi connectivity index (χ0) is 4.50. The van der Waals surface area contributed by atoms with Gasteiger partial charge in [0.2, 0.25) is 0 Å². The van der Waals surface area contributed by atoms with Crippen LogP contribution >= 0.6 is 0 Å². The third-order valence-electron chi connectivity index (χ3n) is 0. The summed E-state index contributed by atoms with van der Waals surface area (Å²) in [6.07, 6.45) is 0. The van der Waals surface area contributed by atoms with Crippen LogP contribution in [0.15, 0.2) is 0 Å². The van der Waals surface area contributed by atoms with Gasteiger partial charge in [0.05, 0.1) is 0 Å². The molecule has 0 spiro atoms. The van der Waals surface area contributed by atoms with Gasteiger partial charge < -0.3 is 0 Å². The Hall–Kier alpha value is 1.89. The van der Waals surface area contributed by atoms with Crippen LogP contribution in [0.2, 0.25) is 0 Å². The molecule has 0 aromatic carbocycles. The summed E-state index contributed by atoms with van der Waals surface area (Å²) in [5.74, 6) is 0. The summed E-state index contributed by atoms with van der Waals surface area (Å²) in [5, 5.41) is 3.66. The van der Waals surface area contributed by atoms with E-state index < -0.39 is 10.4 Å². The van der Waals surface area contributed by atoms with Crippen LogP contribution in [0.5, 0.6) is 0 Å². The SMILES string of the molecule is NS(=O)(=O)F.[CsH]. The van der Waals surface area contributed by atoms with E-state index in [4.69, 9.17) is 8.42 Å². The molecule has 6 heteroatoms. The van der Waals surface area contributed by atoms with Crippen LogP contribution in [0.1, 0.15) is 0 Å². The van der Waals surface area contributed by atoms with Gasteiger partial charge in [-0.1, -0.05) is 3.89 Å². The van der Waals surface area contributed by atoms with E-state index in [9.17, 15) is 3.89 Å². The van der Waals surface area contributed by atoms with Crippen LogP contribution < -0.4 is 5.14 Å². The van der Waals surface area contributed by atoms with Crippen molar-refractivity contribution in [2.45, 2.75) is 0 Å². The van der Waals surface area contributed by atoms with E-state index in [1.807, 2.05) is 0 Å². The first kappa shape index (κ1) is 10.8. The Bertz CT molecular complexity index is 96.7. The molecule has 0 heterocycles. The van der Waals surface area contributed by atoms with Crippen LogP contribution in [0.25, 0.3) is 0 Å². The molecule has 0 aliphatic heterocycles. The topological polar surface area (TPSA) is 60.2 Å². The average Bonchev–Trinajstić information content (AvgIpc) is 0.722. The third-order valence-corrected chi connectivity index (χ3v) is 0. The van der Waals surface area contributed by atoms with Crippen LogP contribution in [0.3, 0.4) is 0 Å². The molecule has 0 bridgehead atoms. The summed E-state index contributed by atoms with van der Waals surface area (Å²) in [4.78, 5) is 0. The number of halogens is 1. The molecule has 0 rings (SSSR count). The normalized spacial score (nSPS) is 9.67. The summed E-state index contributed by atoms with van der Waals surface area (Å²) in [6.45, 7) is 0. The standard InChI is InChI=1S/Cs.FH2NO2S.H/c;1-5(2,3)4;/h;(H2,2,3,4);. The summed E-state index contributed by atoms with van der Waals surface area (Å²) < 4.78 is 27.9. The van der Waals surface area contributed by atoms with Crippen LogP contribution in [-0.2, 0) is 10.4 Å². The minimum atomic E-state index is -4.67. The van der Waals surface area contributed by atoms with Gasteiger partial charge >= 0.3 is 79.3 Å². The Kier molecular flexibility index (Phi) is 6.91. The van der Waals surface area contributed by atoms with Crippen molar-refractivity contribution in [2.75, 3.05) is 0 Å². The van der Waals surface area contributed by atoms with Gasteiger partial charge in [-0.25, -0.2) is 5.14 Å².